The Morgan fingerprint density at radius 2 is 1.58 bits per heavy atom. The highest BCUT2D eigenvalue weighted by atomic mass is 16.7. The minimum atomic E-state index is -0.461. The lowest BCUT2D eigenvalue weighted by molar-refractivity contribution is -0.291. The van der Waals surface area contributed by atoms with E-state index in [2.05, 4.69) is 13.8 Å². The van der Waals surface area contributed by atoms with Crippen molar-refractivity contribution >= 4 is 0 Å². The zero-order chi connectivity index (χ0) is 9.35. The molecule has 0 saturated carbocycles. The summed E-state index contributed by atoms with van der Waals surface area (Å²) < 4.78 is 11.5. The molecule has 0 N–H and O–H groups in total. The van der Waals surface area contributed by atoms with Crippen molar-refractivity contribution < 1.29 is 9.47 Å². The van der Waals surface area contributed by atoms with Crippen LogP contribution < -0.4 is 0 Å². The molecule has 0 aromatic rings. The summed E-state index contributed by atoms with van der Waals surface area (Å²) in [6, 6.07) is 0. The molecule has 1 heterocycles. The van der Waals surface area contributed by atoms with Crippen LogP contribution in [0.3, 0.4) is 0 Å². The van der Waals surface area contributed by atoms with E-state index < -0.39 is 5.79 Å². The third kappa shape index (κ3) is 1.99. The molecule has 0 amide bonds. The van der Waals surface area contributed by atoms with Gasteiger partial charge in [0.05, 0.1) is 12.2 Å². The van der Waals surface area contributed by atoms with Gasteiger partial charge < -0.3 is 9.47 Å². The Kier molecular flexibility index (Phi) is 2.79. The molecule has 2 heteroatoms. The molecule has 0 radical (unpaired) electrons. The molecular formula is C10H19O2-. The largest absolute Gasteiger partial charge is 0.377 e. The second-order valence-electron chi connectivity index (χ2n) is 4.04. The smallest absolute Gasteiger partial charge is 0.0573 e. The Bertz CT molecular complexity index is 144. The molecule has 0 aliphatic carbocycles. The average molecular weight is 171 g/mol. The van der Waals surface area contributed by atoms with Gasteiger partial charge in [0, 0.05) is 5.79 Å². The fourth-order valence-electron chi connectivity index (χ4n) is 1.59. The summed E-state index contributed by atoms with van der Waals surface area (Å²) in [4.78, 5) is 0. The average Bonchev–Trinajstić information content (AvgIpc) is 1.82. The van der Waals surface area contributed by atoms with Gasteiger partial charge in [-0.1, -0.05) is 0 Å². The van der Waals surface area contributed by atoms with Crippen LogP contribution >= 0.6 is 0 Å². The van der Waals surface area contributed by atoms with Gasteiger partial charge >= 0.3 is 0 Å². The van der Waals surface area contributed by atoms with E-state index in [0.717, 1.165) is 6.42 Å². The number of hydrogen-bond donors (Lipinski definition) is 0. The molecule has 0 aromatic carbocycles. The van der Waals surface area contributed by atoms with Crippen LogP contribution in [-0.4, -0.2) is 18.0 Å². The molecule has 1 aliphatic heterocycles. The van der Waals surface area contributed by atoms with Gasteiger partial charge in [-0.2, -0.15) is 13.8 Å². The molecule has 2 unspecified atom stereocenters. The SMILES string of the molecule is C[C-](C)C1(C)OC(C)CC(C)O1. The summed E-state index contributed by atoms with van der Waals surface area (Å²) in [6.07, 6.45) is 1.59. The Balaban J connectivity index is 2.65. The van der Waals surface area contributed by atoms with Crippen molar-refractivity contribution in [3.05, 3.63) is 5.92 Å². The molecule has 1 saturated heterocycles. The molecule has 12 heavy (non-hydrogen) atoms. The van der Waals surface area contributed by atoms with Crippen molar-refractivity contribution in [2.75, 3.05) is 0 Å². The van der Waals surface area contributed by atoms with Crippen molar-refractivity contribution in [1.29, 1.82) is 0 Å². The Morgan fingerprint density at radius 1 is 1.17 bits per heavy atom. The first-order valence-electron chi connectivity index (χ1n) is 4.60. The van der Waals surface area contributed by atoms with E-state index in [0.29, 0.717) is 12.2 Å². The van der Waals surface area contributed by atoms with Crippen LogP contribution in [-0.2, 0) is 9.47 Å². The molecule has 1 aliphatic rings. The van der Waals surface area contributed by atoms with Gasteiger partial charge in [0.15, 0.2) is 0 Å². The lowest BCUT2D eigenvalue weighted by Gasteiger charge is -2.51. The van der Waals surface area contributed by atoms with Crippen LogP contribution in [0.1, 0.15) is 41.0 Å². The predicted molar refractivity (Wildman–Crippen MR) is 48.7 cm³/mol. The molecule has 1 rings (SSSR count). The fraction of sp³-hybridized carbons (Fsp3) is 0.900. The highest BCUT2D eigenvalue weighted by Crippen LogP contribution is 2.33. The van der Waals surface area contributed by atoms with E-state index in [1.165, 1.54) is 5.92 Å². The van der Waals surface area contributed by atoms with Crippen molar-refractivity contribution in [3.63, 3.8) is 0 Å². The predicted octanol–water partition coefficient (Wildman–Crippen LogP) is 2.53. The topological polar surface area (TPSA) is 18.5 Å². The Hall–Kier alpha value is -0.0800. The minimum absolute atomic E-state index is 0.300. The van der Waals surface area contributed by atoms with Gasteiger partial charge in [0.1, 0.15) is 0 Å². The first-order chi connectivity index (χ1) is 5.44. The Morgan fingerprint density at radius 3 is 1.92 bits per heavy atom. The number of rotatable bonds is 1. The molecule has 0 bridgehead atoms. The van der Waals surface area contributed by atoms with Crippen molar-refractivity contribution in [3.8, 4) is 0 Å². The number of hydrogen-bond acceptors (Lipinski definition) is 2. The maximum atomic E-state index is 5.75. The van der Waals surface area contributed by atoms with Crippen molar-refractivity contribution in [2.45, 2.75) is 59.0 Å². The lowest BCUT2D eigenvalue weighted by Crippen LogP contribution is -2.47. The van der Waals surface area contributed by atoms with Crippen LogP contribution in [0.4, 0.5) is 0 Å². The zero-order valence-corrected chi connectivity index (χ0v) is 8.68. The molecule has 2 nitrogen and oxygen atoms in total. The first-order valence-corrected chi connectivity index (χ1v) is 4.60. The highest BCUT2D eigenvalue weighted by Gasteiger charge is 2.30. The van der Waals surface area contributed by atoms with Crippen molar-refractivity contribution in [1.82, 2.24) is 0 Å². The van der Waals surface area contributed by atoms with Crippen LogP contribution in [0.15, 0.2) is 0 Å². The zero-order valence-electron chi connectivity index (χ0n) is 8.68. The lowest BCUT2D eigenvalue weighted by atomic mass is 10.0. The minimum Gasteiger partial charge on any atom is -0.377 e. The third-order valence-corrected chi connectivity index (χ3v) is 2.42. The van der Waals surface area contributed by atoms with E-state index in [1.54, 1.807) is 0 Å². The van der Waals surface area contributed by atoms with Crippen LogP contribution in [0, 0.1) is 5.92 Å². The number of ether oxygens (including phenoxy) is 2. The summed E-state index contributed by atoms with van der Waals surface area (Å²) in [5.74, 6) is 0.720. The van der Waals surface area contributed by atoms with Gasteiger partial charge in [-0.3, -0.25) is 5.92 Å². The van der Waals surface area contributed by atoms with Crippen molar-refractivity contribution in [2.24, 2.45) is 0 Å². The quantitative estimate of drug-likeness (QED) is 0.564. The molecule has 72 valence electrons. The molecule has 2 atom stereocenters. The summed E-state index contributed by atoms with van der Waals surface area (Å²) in [5.41, 5.74) is 0. The molecular weight excluding hydrogens is 152 g/mol. The standard InChI is InChI=1S/C10H19O2/c1-7(2)10(5)11-8(3)6-9(4)12-10/h8-9H,6H2,1-5H3/q-1. The van der Waals surface area contributed by atoms with Gasteiger partial charge in [-0.15, -0.1) is 0 Å². The molecule has 1 fully saturated rings. The normalized spacial score (nSPS) is 43.5. The summed E-state index contributed by atoms with van der Waals surface area (Å²) in [7, 11) is 0. The summed E-state index contributed by atoms with van der Waals surface area (Å²) in [6.45, 7) is 10.3. The van der Waals surface area contributed by atoms with E-state index in [9.17, 15) is 0 Å². The molecule has 0 aromatic heterocycles. The van der Waals surface area contributed by atoms with Gasteiger partial charge in [0.2, 0.25) is 0 Å². The maximum absolute atomic E-state index is 5.75. The monoisotopic (exact) mass is 171 g/mol. The van der Waals surface area contributed by atoms with Crippen LogP contribution in [0.2, 0.25) is 0 Å². The second kappa shape index (κ2) is 3.35. The van der Waals surface area contributed by atoms with Gasteiger partial charge in [-0.05, 0) is 27.2 Å². The second-order valence-corrected chi connectivity index (χ2v) is 4.04. The Labute approximate surface area is 75.2 Å². The van der Waals surface area contributed by atoms with Gasteiger partial charge in [0.25, 0.3) is 0 Å². The van der Waals surface area contributed by atoms with E-state index in [1.807, 2.05) is 20.8 Å². The summed E-state index contributed by atoms with van der Waals surface area (Å²) in [5, 5.41) is 0. The van der Waals surface area contributed by atoms with E-state index >= 15 is 0 Å². The molecule has 0 spiro atoms. The van der Waals surface area contributed by atoms with E-state index in [-0.39, 0.29) is 0 Å². The fourth-order valence-corrected chi connectivity index (χ4v) is 1.59. The highest BCUT2D eigenvalue weighted by molar-refractivity contribution is 4.96. The third-order valence-electron chi connectivity index (χ3n) is 2.42. The van der Waals surface area contributed by atoms with Crippen LogP contribution in [0.25, 0.3) is 0 Å². The van der Waals surface area contributed by atoms with Crippen LogP contribution in [0.5, 0.6) is 0 Å². The van der Waals surface area contributed by atoms with Gasteiger partial charge in [-0.25, -0.2) is 0 Å². The van der Waals surface area contributed by atoms with E-state index in [4.69, 9.17) is 9.47 Å². The first kappa shape index (κ1) is 10.0. The summed E-state index contributed by atoms with van der Waals surface area (Å²) >= 11 is 0. The maximum Gasteiger partial charge on any atom is 0.0573 e.